The molecule has 3 N–H and O–H groups in total. The number of nitrogens with two attached hydrogens (primary N) is 1. The van der Waals surface area contributed by atoms with Crippen LogP contribution in [0.2, 0.25) is 5.02 Å². The molecule has 3 aliphatic rings. The average Bonchev–Trinajstić information content (AvgIpc) is 3.14. The van der Waals surface area contributed by atoms with Gasteiger partial charge in [0, 0.05) is 12.6 Å². The second-order valence-corrected chi connectivity index (χ2v) is 7.16. The van der Waals surface area contributed by atoms with Gasteiger partial charge in [-0.15, -0.1) is 12.4 Å². The molecule has 24 heavy (non-hydrogen) atoms. The lowest BCUT2D eigenvalue weighted by Gasteiger charge is -2.27. The summed E-state index contributed by atoms with van der Waals surface area (Å²) in [5.41, 5.74) is 7.14. The molecule has 4 atom stereocenters. The molecule has 1 amide bonds. The van der Waals surface area contributed by atoms with Crippen molar-refractivity contribution < 1.29 is 14.3 Å². The number of fused-ring (bicyclic) bond motifs is 3. The van der Waals surface area contributed by atoms with Crippen molar-refractivity contribution >= 4 is 29.9 Å². The molecule has 2 fully saturated rings. The minimum atomic E-state index is -0.0403. The molecule has 1 heterocycles. The SMILES string of the molecule is Cl.NC1C2CCC(C2)C1C(=O)NCc1cc(Cl)c2c(c1)OCCO2. The van der Waals surface area contributed by atoms with E-state index in [0.717, 1.165) is 18.4 Å². The average molecular weight is 373 g/mol. The molecule has 4 unspecified atom stereocenters. The second-order valence-electron chi connectivity index (χ2n) is 6.76. The Morgan fingerprint density at radius 1 is 1.25 bits per heavy atom. The number of amides is 1. The topological polar surface area (TPSA) is 73.6 Å². The number of ether oxygens (including phenoxy) is 2. The van der Waals surface area contributed by atoms with E-state index in [0.29, 0.717) is 48.1 Å². The Kier molecular flexibility index (Phi) is 5.13. The van der Waals surface area contributed by atoms with Crippen molar-refractivity contribution in [2.75, 3.05) is 13.2 Å². The monoisotopic (exact) mass is 372 g/mol. The molecule has 0 saturated heterocycles. The van der Waals surface area contributed by atoms with Crippen LogP contribution in [-0.2, 0) is 11.3 Å². The molecule has 4 rings (SSSR count). The van der Waals surface area contributed by atoms with Crippen LogP contribution < -0.4 is 20.5 Å². The number of carbonyl (C=O) groups is 1. The van der Waals surface area contributed by atoms with E-state index in [4.69, 9.17) is 26.8 Å². The summed E-state index contributed by atoms with van der Waals surface area (Å²) in [6, 6.07) is 3.70. The first-order valence-corrected chi connectivity index (χ1v) is 8.62. The number of hydrogen-bond acceptors (Lipinski definition) is 4. The molecule has 5 nitrogen and oxygen atoms in total. The van der Waals surface area contributed by atoms with Gasteiger partial charge in [-0.3, -0.25) is 4.79 Å². The summed E-state index contributed by atoms with van der Waals surface area (Å²) < 4.78 is 11.1. The highest BCUT2D eigenvalue weighted by Crippen LogP contribution is 2.47. The van der Waals surface area contributed by atoms with Crippen molar-refractivity contribution in [1.82, 2.24) is 5.32 Å². The highest BCUT2D eigenvalue weighted by molar-refractivity contribution is 6.32. The maximum absolute atomic E-state index is 12.5. The molecule has 0 spiro atoms. The highest BCUT2D eigenvalue weighted by atomic mass is 35.5. The summed E-state index contributed by atoms with van der Waals surface area (Å²) in [5, 5.41) is 3.53. The first kappa shape index (κ1) is 17.6. The van der Waals surface area contributed by atoms with Crippen LogP contribution in [0.1, 0.15) is 24.8 Å². The van der Waals surface area contributed by atoms with Crippen molar-refractivity contribution in [1.29, 1.82) is 0 Å². The first-order valence-electron chi connectivity index (χ1n) is 8.25. The van der Waals surface area contributed by atoms with Crippen LogP contribution in [0.4, 0.5) is 0 Å². The standard InChI is InChI=1S/C17H21ClN2O3.ClH/c18-12-5-9(6-13-16(12)23-4-3-22-13)8-20-17(21)14-10-1-2-11(7-10)15(14)19;/h5-6,10-11,14-15H,1-4,7-8,19H2,(H,20,21);1H. The molecule has 1 aromatic rings. The third-order valence-corrected chi connectivity index (χ3v) is 5.69. The fraction of sp³-hybridized carbons (Fsp3) is 0.588. The molecule has 7 heteroatoms. The zero-order chi connectivity index (χ0) is 16.0. The summed E-state index contributed by atoms with van der Waals surface area (Å²) in [7, 11) is 0. The van der Waals surface area contributed by atoms with Gasteiger partial charge in [0.1, 0.15) is 13.2 Å². The van der Waals surface area contributed by atoms with E-state index in [2.05, 4.69) is 5.32 Å². The van der Waals surface area contributed by atoms with E-state index < -0.39 is 0 Å². The van der Waals surface area contributed by atoms with Gasteiger partial charge < -0.3 is 20.5 Å². The fourth-order valence-corrected chi connectivity index (χ4v) is 4.59. The molecular weight excluding hydrogens is 351 g/mol. The highest BCUT2D eigenvalue weighted by Gasteiger charge is 2.48. The van der Waals surface area contributed by atoms with Gasteiger partial charge in [0.05, 0.1) is 10.9 Å². The van der Waals surface area contributed by atoms with E-state index in [9.17, 15) is 4.79 Å². The third kappa shape index (κ3) is 3.05. The van der Waals surface area contributed by atoms with Gasteiger partial charge in [0.2, 0.25) is 5.91 Å². The van der Waals surface area contributed by atoms with Crippen molar-refractivity contribution in [3.05, 3.63) is 22.7 Å². The number of benzene rings is 1. The Bertz CT molecular complexity index is 639. The zero-order valence-corrected chi connectivity index (χ0v) is 14.9. The van der Waals surface area contributed by atoms with Crippen LogP contribution in [0.5, 0.6) is 11.5 Å². The predicted molar refractivity (Wildman–Crippen MR) is 93.8 cm³/mol. The third-order valence-electron chi connectivity index (χ3n) is 5.41. The lowest BCUT2D eigenvalue weighted by molar-refractivity contribution is -0.127. The number of rotatable bonds is 3. The Morgan fingerprint density at radius 2 is 2.00 bits per heavy atom. The molecule has 1 aromatic carbocycles. The van der Waals surface area contributed by atoms with Gasteiger partial charge in [0.25, 0.3) is 0 Å². The van der Waals surface area contributed by atoms with Crippen molar-refractivity contribution in [3.8, 4) is 11.5 Å². The van der Waals surface area contributed by atoms with Crippen molar-refractivity contribution in [2.24, 2.45) is 23.5 Å². The molecule has 1 aliphatic heterocycles. The Hall–Kier alpha value is -1.17. The summed E-state index contributed by atoms with van der Waals surface area (Å²) in [6.07, 6.45) is 3.41. The predicted octanol–water partition coefficient (Wildman–Crippen LogP) is 2.52. The number of hydrogen-bond donors (Lipinski definition) is 2. The summed E-state index contributed by atoms with van der Waals surface area (Å²) in [4.78, 5) is 12.5. The molecular formula is C17H22Cl2N2O3. The summed E-state index contributed by atoms with van der Waals surface area (Å²) in [6.45, 7) is 1.44. The molecule has 2 saturated carbocycles. The molecule has 2 bridgehead atoms. The maximum Gasteiger partial charge on any atom is 0.225 e. The molecule has 0 radical (unpaired) electrons. The van der Waals surface area contributed by atoms with Gasteiger partial charge in [0.15, 0.2) is 11.5 Å². The van der Waals surface area contributed by atoms with Gasteiger partial charge in [-0.05, 0) is 48.8 Å². The molecule has 132 valence electrons. The fourth-order valence-electron chi connectivity index (χ4n) is 4.30. The van der Waals surface area contributed by atoms with E-state index in [1.165, 1.54) is 6.42 Å². The number of carbonyl (C=O) groups excluding carboxylic acids is 1. The van der Waals surface area contributed by atoms with E-state index in [1.54, 1.807) is 0 Å². The van der Waals surface area contributed by atoms with Crippen LogP contribution in [0.15, 0.2) is 12.1 Å². The van der Waals surface area contributed by atoms with Crippen LogP contribution in [-0.4, -0.2) is 25.2 Å². The van der Waals surface area contributed by atoms with Crippen LogP contribution in [0, 0.1) is 17.8 Å². The van der Waals surface area contributed by atoms with E-state index in [-0.39, 0.29) is 30.3 Å². The molecule has 0 aromatic heterocycles. The molecule has 2 aliphatic carbocycles. The minimum absolute atomic E-state index is 0. The summed E-state index contributed by atoms with van der Waals surface area (Å²) in [5.74, 6) is 2.24. The zero-order valence-electron chi connectivity index (χ0n) is 13.3. The van der Waals surface area contributed by atoms with Crippen molar-refractivity contribution in [2.45, 2.75) is 31.8 Å². The quantitative estimate of drug-likeness (QED) is 0.854. The lowest BCUT2D eigenvalue weighted by atomic mass is 9.84. The normalized spacial score (nSPS) is 29.9. The Morgan fingerprint density at radius 3 is 2.75 bits per heavy atom. The van der Waals surface area contributed by atoms with Crippen LogP contribution in [0.3, 0.4) is 0 Å². The number of nitrogens with one attached hydrogen (secondary N) is 1. The van der Waals surface area contributed by atoms with Crippen LogP contribution >= 0.6 is 24.0 Å². The van der Waals surface area contributed by atoms with Gasteiger partial charge in [-0.1, -0.05) is 11.6 Å². The van der Waals surface area contributed by atoms with Gasteiger partial charge in [-0.2, -0.15) is 0 Å². The minimum Gasteiger partial charge on any atom is -0.486 e. The van der Waals surface area contributed by atoms with Gasteiger partial charge in [-0.25, -0.2) is 0 Å². The van der Waals surface area contributed by atoms with E-state index >= 15 is 0 Å². The second kappa shape index (κ2) is 6.98. The largest absolute Gasteiger partial charge is 0.486 e. The summed E-state index contributed by atoms with van der Waals surface area (Å²) >= 11 is 6.23. The van der Waals surface area contributed by atoms with E-state index in [1.807, 2.05) is 12.1 Å². The number of halogens is 2. The maximum atomic E-state index is 12.5. The van der Waals surface area contributed by atoms with Crippen LogP contribution in [0.25, 0.3) is 0 Å². The Balaban J connectivity index is 0.00000169. The Labute approximate surface area is 152 Å². The van der Waals surface area contributed by atoms with Crippen molar-refractivity contribution in [3.63, 3.8) is 0 Å². The first-order chi connectivity index (χ1) is 11.1. The van der Waals surface area contributed by atoms with Gasteiger partial charge >= 0.3 is 0 Å². The lowest BCUT2D eigenvalue weighted by Crippen LogP contribution is -2.45. The smallest absolute Gasteiger partial charge is 0.225 e.